The number of thiocarbonyl (C=S) groups is 1. The van der Waals surface area contributed by atoms with Crippen molar-refractivity contribution < 1.29 is 9.53 Å². The molecule has 4 nitrogen and oxygen atoms in total. The standard InChI is InChI=1S/C8H9NS.C5H11NO2/c1-7(10)9-8-5-3-2-4-6-8;1-3-4-6-5(7)8-2/h2-6H,1H3,(H,9,10);3-4H2,1-2H3,(H,6,7). The predicted molar refractivity (Wildman–Crippen MR) is 79.0 cm³/mol. The minimum Gasteiger partial charge on any atom is -0.453 e. The van der Waals surface area contributed by atoms with Crippen molar-refractivity contribution in [3.63, 3.8) is 0 Å². The summed E-state index contributed by atoms with van der Waals surface area (Å²) in [5.41, 5.74) is 1.05. The number of carbonyl (C=O) groups excluding carboxylic acids is 1. The Morgan fingerprint density at radius 1 is 1.33 bits per heavy atom. The van der Waals surface area contributed by atoms with Gasteiger partial charge in [0, 0.05) is 12.2 Å². The smallest absolute Gasteiger partial charge is 0.406 e. The third kappa shape index (κ3) is 9.59. The van der Waals surface area contributed by atoms with E-state index in [4.69, 9.17) is 12.2 Å². The van der Waals surface area contributed by atoms with E-state index < -0.39 is 0 Å². The molecule has 18 heavy (non-hydrogen) atoms. The summed E-state index contributed by atoms with van der Waals surface area (Å²) < 4.78 is 4.30. The molecule has 0 spiro atoms. The molecule has 0 atom stereocenters. The number of hydrogen-bond donors (Lipinski definition) is 2. The van der Waals surface area contributed by atoms with Crippen molar-refractivity contribution in [1.29, 1.82) is 0 Å². The van der Waals surface area contributed by atoms with Gasteiger partial charge in [-0.05, 0) is 25.5 Å². The van der Waals surface area contributed by atoms with Crippen molar-refractivity contribution >= 4 is 29.0 Å². The molecule has 100 valence electrons. The second-order valence-electron chi connectivity index (χ2n) is 3.47. The van der Waals surface area contributed by atoms with E-state index in [-0.39, 0.29) is 6.09 Å². The van der Waals surface area contributed by atoms with E-state index >= 15 is 0 Å². The molecule has 0 fully saturated rings. The van der Waals surface area contributed by atoms with Crippen molar-refractivity contribution in [2.24, 2.45) is 0 Å². The minimum atomic E-state index is -0.355. The summed E-state index contributed by atoms with van der Waals surface area (Å²) >= 11 is 4.87. The Kier molecular flexibility index (Phi) is 9.58. The third-order valence-electron chi connectivity index (χ3n) is 1.80. The van der Waals surface area contributed by atoms with Crippen LogP contribution in [0, 0.1) is 0 Å². The van der Waals surface area contributed by atoms with Gasteiger partial charge < -0.3 is 15.4 Å². The van der Waals surface area contributed by atoms with Crippen LogP contribution in [0.5, 0.6) is 0 Å². The number of anilines is 1. The molecule has 0 aliphatic rings. The molecular weight excluding hydrogens is 248 g/mol. The molecule has 1 aromatic rings. The summed E-state index contributed by atoms with van der Waals surface area (Å²) in [6, 6.07) is 9.89. The van der Waals surface area contributed by atoms with Crippen LogP contribution >= 0.6 is 12.2 Å². The van der Waals surface area contributed by atoms with E-state index in [1.165, 1.54) is 7.11 Å². The number of rotatable bonds is 3. The van der Waals surface area contributed by atoms with E-state index in [1.54, 1.807) is 0 Å². The second-order valence-corrected chi connectivity index (χ2v) is 4.08. The van der Waals surface area contributed by atoms with Crippen LogP contribution in [0.2, 0.25) is 0 Å². The summed E-state index contributed by atoms with van der Waals surface area (Å²) in [6.45, 7) is 4.53. The SMILES string of the molecule is CC(=S)Nc1ccccc1.CCCNC(=O)OC. The molecule has 0 aromatic heterocycles. The first-order valence-electron chi connectivity index (χ1n) is 5.74. The molecule has 1 rings (SSSR count). The van der Waals surface area contributed by atoms with Crippen LogP contribution in [0.4, 0.5) is 10.5 Å². The lowest BCUT2D eigenvalue weighted by atomic mass is 10.3. The molecule has 0 heterocycles. The van der Waals surface area contributed by atoms with Gasteiger partial charge in [-0.2, -0.15) is 0 Å². The van der Waals surface area contributed by atoms with Gasteiger partial charge in [0.05, 0.1) is 12.1 Å². The maximum absolute atomic E-state index is 10.2. The third-order valence-corrected chi connectivity index (χ3v) is 1.90. The van der Waals surface area contributed by atoms with Crippen LogP contribution in [0.3, 0.4) is 0 Å². The van der Waals surface area contributed by atoms with Crippen molar-refractivity contribution in [2.45, 2.75) is 20.3 Å². The lowest BCUT2D eigenvalue weighted by Gasteiger charge is -2.00. The number of amides is 1. The zero-order valence-electron chi connectivity index (χ0n) is 11.0. The molecule has 5 heteroatoms. The maximum Gasteiger partial charge on any atom is 0.406 e. The van der Waals surface area contributed by atoms with Gasteiger partial charge in [0.1, 0.15) is 0 Å². The Balaban J connectivity index is 0.000000331. The van der Waals surface area contributed by atoms with Gasteiger partial charge in [0.15, 0.2) is 0 Å². The fraction of sp³-hybridized carbons (Fsp3) is 0.385. The summed E-state index contributed by atoms with van der Waals surface area (Å²) in [5, 5.41) is 5.56. The fourth-order valence-electron chi connectivity index (χ4n) is 1.02. The molecule has 1 amide bonds. The van der Waals surface area contributed by atoms with Crippen LogP contribution in [0.1, 0.15) is 20.3 Å². The quantitative estimate of drug-likeness (QED) is 0.827. The Hall–Kier alpha value is -1.62. The highest BCUT2D eigenvalue weighted by Crippen LogP contribution is 2.04. The number of nitrogens with one attached hydrogen (secondary N) is 2. The highest BCUT2D eigenvalue weighted by Gasteiger charge is 1.91. The number of benzene rings is 1. The number of hydrogen-bond acceptors (Lipinski definition) is 3. The first kappa shape index (κ1) is 16.4. The van der Waals surface area contributed by atoms with Crippen molar-refractivity contribution in [3.8, 4) is 0 Å². The normalized spacial score (nSPS) is 8.61. The van der Waals surface area contributed by atoms with Gasteiger partial charge in [-0.1, -0.05) is 37.3 Å². The average molecular weight is 268 g/mol. The van der Waals surface area contributed by atoms with E-state index in [0.29, 0.717) is 6.54 Å². The van der Waals surface area contributed by atoms with Crippen LogP contribution < -0.4 is 10.6 Å². The molecule has 2 N–H and O–H groups in total. The number of para-hydroxylation sites is 1. The van der Waals surface area contributed by atoms with Gasteiger partial charge in [-0.3, -0.25) is 0 Å². The zero-order valence-corrected chi connectivity index (χ0v) is 11.8. The number of methoxy groups -OCH3 is 1. The predicted octanol–water partition coefficient (Wildman–Crippen LogP) is 3.20. The molecule has 0 aliphatic carbocycles. The number of alkyl carbamates (subject to hydrolysis) is 1. The first-order chi connectivity index (χ1) is 8.60. The molecule has 0 unspecified atom stereocenters. The van der Waals surface area contributed by atoms with Crippen LogP contribution in [-0.2, 0) is 4.74 Å². The monoisotopic (exact) mass is 268 g/mol. The summed E-state index contributed by atoms with van der Waals surface area (Å²) in [5.74, 6) is 0. The van der Waals surface area contributed by atoms with Crippen LogP contribution in [-0.4, -0.2) is 24.7 Å². The van der Waals surface area contributed by atoms with E-state index in [9.17, 15) is 4.79 Å². The second kappa shape index (κ2) is 10.5. The van der Waals surface area contributed by atoms with E-state index in [1.807, 2.05) is 44.2 Å². The molecule has 0 radical (unpaired) electrons. The molecule has 1 aromatic carbocycles. The van der Waals surface area contributed by atoms with Crippen LogP contribution in [0.25, 0.3) is 0 Å². The van der Waals surface area contributed by atoms with Crippen LogP contribution in [0.15, 0.2) is 30.3 Å². The number of ether oxygens (including phenoxy) is 1. The molecule has 0 aliphatic heterocycles. The average Bonchev–Trinajstić information content (AvgIpc) is 2.37. The van der Waals surface area contributed by atoms with Gasteiger partial charge >= 0.3 is 6.09 Å². The van der Waals surface area contributed by atoms with Gasteiger partial charge in [-0.25, -0.2) is 4.79 Å². The zero-order chi connectivity index (χ0) is 13.8. The Bertz CT molecular complexity index is 355. The Morgan fingerprint density at radius 2 is 1.94 bits per heavy atom. The lowest BCUT2D eigenvalue weighted by molar-refractivity contribution is 0.171. The summed E-state index contributed by atoms with van der Waals surface area (Å²) in [6.07, 6.45) is 0.585. The highest BCUT2D eigenvalue weighted by atomic mass is 32.1. The molecule has 0 saturated heterocycles. The van der Waals surface area contributed by atoms with Gasteiger partial charge in [0.2, 0.25) is 0 Å². The van der Waals surface area contributed by atoms with Crippen molar-refractivity contribution in [3.05, 3.63) is 30.3 Å². The topological polar surface area (TPSA) is 50.4 Å². The summed E-state index contributed by atoms with van der Waals surface area (Å²) in [4.78, 5) is 11.0. The number of carbonyl (C=O) groups is 1. The van der Waals surface area contributed by atoms with Crippen molar-refractivity contribution in [2.75, 3.05) is 19.0 Å². The molecular formula is C13H20N2O2S. The maximum atomic E-state index is 10.2. The minimum absolute atomic E-state index is 0.355. The molecule has 0 saturated carbocycles. The summed E-state index contributed by atoms with van der Waals surface area (Å²) in [7, 11) is 1.35. The van der Waals surface area contributed by atoms with E-state index in [0.717, 1.165) is 17.1 Å². The molecule has 0 bridgehead atoms. The Morgan fingerprint density at radius 3 is 2.39 bits per heavy atom. The van der Waals surface area contributed by atoms with E-state index in [2.05, 4.69) is 15.4 Å². The first-order valence-corrected chi connectivity index (χ1v) is 6.15. The van der Waals surface area contributed by atoms with Gasteiger partial charge in [-0.15, -0.1) is 0 Å². The van der Waals surface area contributed by atoms with Crippen molar-refractivity contribution in [1.82, 2.24) is 5.32 Å². The fourth-order valence-corrected chi connectivity index (χ4v) is 1.14. The largest absolute Gasteiger partial charge is 0.453 e. The Labute approximate surface area is 114 Å². The van der Waals surface area contributed by atoms with Gasteiger partial charge in [0.25, 0.3) is 0 Å². The highest BCUT2D eigenvalue weighted by molar-refractivity contribution is 7.80. The lowest BCUT2D eigenvalue weighted by Crippen LogP contribution is -2.23.